The first-order chi connectivity index (χ1) is 14.6. The fraction of sp³-hybridized carbons (Fsp3) is 0.136. The van der Waals surface area contributed by atoms with Gasteiger partial charge in [-0.05, 0) is 42.0 Å². The summed E-state index contributed by atoms with van der Waals surface area (Å²) in [6.07, 6.45) is 3.79. The summed E-state index contributed by atoms with van der Waals surface area (Å²) >= 11 is 3.46. The molecule has 4 aromatic rings. The van der Waals surface area contributed by atoms with E-state index >= 15 is 0 Å². The quantitative estimate of drug-likeness (QED) is 0.411. The summed E-state index contributed by atoms with van der Waals surface area (Å²) in [5, 5.41) is 7.16. The number of benzene rings is 2. The molecule has 2 heterocycles. The molecule has 0 atom stereocenters. The number of nitrogens with zero attached hydrogens (tertiary/aromatic N) is 3. The third-order valence-corrected chi connectivity index (χ3v) is 4.95. The maximum Gasteiger partial charge on any atom is 0.226 e. The van der Waals surface area contributed by atoms with Crippen molar-refractivity contribution < 1.29 is 13.6 Å². The lowest BCUT2D eigenvalue weighted by atomic mass is 10.2. The Morgan fingerprint density at radius 2 is 2.00 bits per heavy atom. The Labute approximate surface area is 180 Å². The molecule has 1 N–H and O–H groups in total. The van der Waals surface area contributed by atoms with Crippen LogP contribution in [0.25, 0.3) is 11.3 Å². The highest BCUT2D eigenvalue weighted by molar-refractivity contribution is 9.10. The van der Waals surface area contributed by atoms with Gasteiger partial charge in [0, 0.05) is 28.9 Å². The molecule has 6 nitrogen and oxygen atoms in total. The molecule has 0 spiro atoms. The average Bonchev–Trinajstić information content (AvgIpc) is 3.37. The summed E-state index contributed by atoms with van der Waals surface area (Å²) in [7, 11) is 0. The number of rotatable bonds is 7. The van der Waals surface area contributed by atoms with Gasteiger partial charge in [0.15, 0.2) is 11.7 Å². The number of carbonyl (C=O) groups is 1. The van der Waals surface area contributed by atoms with Crippen LogP contribution in [0.4, 0.5) is 10.2 Å². The van der Waals surface area contributed by atoms with Crippen LogP contribution in [0.5, 0.6) is 0 Å². The predicted octanol–water partition coefficient (Wildman–Crippen LogP) is 5.06. The first kappa shape index (κ1) is 20.0. The van der Waals surface area contributed by atoms with Crippen LogP contribution in [0, 0.1) is 5.82 Å². The third kappa shape index (κ3) is 5.01. The SMILES string of the molecule is O=C(CCc1ncc(-c2ccc(F)cc2)o1)Nc1ccnn1Cc1cccc(Br)c1. The zero-order valence-corrected chi connectivity index (χ0v) is 17.5. The topological polar surface area (TPSA) is 73.0 Å². The summed E-state index contributed by atoms with van der Waals surface area (Å²) in [6.45, 7) is 0.544. The number of nitrogens with one attached hydrogen (secondary N) is 1. The molecule has 2 aromatic heterocycles. The lowest BCUT2D eigenvalue weighted by Crippen LogP contribution is -2.16. The Bertz CT molecular complexity index is 1150. The molecule has 0 aliphatic heterocycles. The highest BCUT2D eigenvalue weighted by Gasteiger charge is 2.11. The first-order valence-corrected chi connectivity index (χ1v) is 10.1. The van der Waals surface area contributed by atoms with Gasteiger partial charge in [-0.1, -0.05) is 28.1 Å². The maximum absolute atomic E-state index is 13.0. The van der Waals surface area contributed by atoms with Crippen molar-refractivity contribution in [1.82, 2.24) is 14.8 Å². The van der Waals surface area contributed by atoms with E-state index in [0.717, 1.165) is 15.6 Å². The van der Waals surface area contributed by atoms with Crippen LogP contribution >= 0.6 is 15.9 Å². The number of anilines is 1. The number of aryl methyl sites for hydroxylation is 1. The van der Waals surface area contributed by atoms with Gasteiger partial charge in [0.25, 0.3) is 0 Å². The van der Waals surface area contributed by atoms with Crippen molar-refractivity contribution in [3.63, 3.8) is 0 Å². The molecule has 0 unspecified atom stereocenters. The predicted molar refractivity (Wildman–Crippen MR) is 114 cm³/mol. The van der Waals surface area contributed by atoms with Gasteiger partial charge in [-0.3, -0.25) is 4.79 Å². The molecule has 30 heavy (non-hydrogen) atoms. The average molecular weight is 469 g/mol. The van der Waals surface area contributed by atoms with E-state index in [-0.39, 0.29) is 18.1 Å². The number of oxazole rings is 1. The van der Waals surface area contributed by atoms with Crippen molar-refractivity contribution in [3.05, 3.63) is 88.7 Å². The van der Waals surface area contributed by atoms with Crippen molar-refractivity contribution in [2.24, 2.45) is 0 Å². The highest BCUT2D eigenvalue weighted by Crippen LogP contribution is 2.21. The van der Waals surface area contributed by atoms with Crippen molar-refractivity contribution in [2.45, 2.75) is 19.4 Å². The van der Waals surface area contributed by atoms with Crippen LogP contribution in [-0.4, -0.2) is 20.7 Å². The van der Waals surface area contributed by atoms with E-state index in [9.17, 15) is 9.18 Å². The Kier molecular flexibility index (Phi) is 6.04. The molecule has 8 heteroatoms. The number of hydrogen-bond acceptors (Lipinski definition) is 4. The molecule has 0 saturated carbocycles. The molecule has 4 rings (SSSR count). The molecule has 152 valence electrons. The van der Waals surface area contributed by atoms with E-state index < -0.39 is 0 Å². The zero-order valence-electron chi connectivity index (χ0n) is 15.9. The van der Waals surface area contributed by atoms with Gasteiger partial charge in [-0.25, -0.2) is 14.1 Å². The second kappa shape index (κ2) is 9.04. The molecule has 0 aliphatic rings. The second-order valence-electron chi connectivity index (χ2n) is 6.68. The molecule has 0 saturated heterocycles. The Hall–Kier alpha value is -3.26. The normalized spacial score (nSPS) is 10.9. The molecule has 0 radical (unpaired) electrons. The van der Waals surface area contributed by atoms with Gasteiger partial charge in [0.1, 0.15) is 11.6 Å². The standard InChI is InChI=1S/C22H18BrFN4O2/c23-17-3-1-2-15(12-17)14-28-20(10-11-26-28)27-21(29)8-9-22-25-13-19(30-22)16-4-6-18(24)7-5-16/h1-7,10-13H,8-9,14H2,(H,27,29). The zero-order chi connectivity index (χ0) is 20.9. The molecule has 0 bridgehead atoms. The number of amides is 1. The maximum atomic E-state index is 13.0. The molecule has 1 amide bonds. The lowest BCUT2D eigenvalue weighted by molar-refractivity contribution is -0.116. The lowest BCUT2D eigenvalue weighted by Gasteiger charge is -2.09. The first-order valence-electron chi connectivity index (χ1n) is 9.33. The summed E-state index contributed by atoms with van der Waals surface area (Å²) < 4.78 is 21.4. The Morgan fingerprint density at radius 1 is 1.17 bits per heavy atom. The minimum Gasteiger partial charge on any atom is -0.441 e. The van der Waals surface area contributed by atoms with Crippen LogP contribution in [-0.2, 0) is 17.8 Å². The van der Waals surface area contributed by atoms with Crippen molar-refractivity contribution >= 4 is 27.7 Å². The van der Waals surface area contributed by atoms with Crippen LogP contribution in [0.2, 0.25) is 0 Å². The summed E-state index contributed by atoms with van der Waals surface area (Å²) in [5.41, 5.74) is 1.80. The van der Waals surface area contributed by atoms with E-state index in [2.05, 4.69) is 31.3 Å². The van der Waals surface area contributed by atoms with E-state index in [1.165, 1.54) is 12.1 Å². The van der Waals surface area contributed by atoms with Crippen LogP contribution in [0.3, 0.4) is 0 Å². The van der Waals surface area contributed by atoms with Crippen molar-refractivity contribution in [1.29, 1.82) is 0 Å². The summed E-state index contributed by atoms with van der Waals surface area (Å²) in [6, 6.07) is 15.7. The van der Waals surface area contributed by atoms with Gasteiger partial charge >= 0.3 is 0 Å². The number of aromatic nitrogens is 3. The summed E-state index contributed by atoms with van der Waals surface area (Å²) in [4.78, 5) is 16.6. The minimum absolute atomic E-state index is 0.160. The molecule has 0 aliphatic carbocycles. The smallest absolute Gasteiger partial charge is 0.226 e. The Morgan fingerprint density at radius 3 is 2.80 bits per heavy atom. The van der Waals surface area contributed by atoms with Crippen LogP contribution in [0.15, 0.2) is 75.9 Å². The van der Waals surface area contributed by atoms with Gasteiger partial charge in [0.05, 0.1) is 18.9 Å². The fourth-order valence-corrected chi connectivity index (χ4v) is 3.42. The van der Waals surface area contributed by atoms with Crippen LogP contribution in [0.1, 0.15) is 17.9 Å². The monoisotopic (exact) mass is 468 g/mol. The molecular weight excluding hydrogens is 451 g/mol. The van der Waals surface area contributed by atoms with Crippen molar-refractivity contribution in [2.75, 3.05) is 5.32 Å². The summed E-state index contributed by atoms with van der Waals surface area (Å²) in [5.74, 6) is 1.14. The largest absolute Gasteiger partial charge is 0.441 e. The highest BCUT2D eigenvalue weighted by atomic mass is 79.9. The van der Waals surface area contributed by atoms with E-state index in [0.29, 0.717) is 30.4 Å². The molecule has 0 fully saturated rings. The Balaban J connectivity index is 1.34. The molecular formula is C22H18BrFN4O2. The van der Waals surface area contributed by atoms with Gasteiger partial charge in [-0.2, -0.15) is 5.10 Å². The van der Waals surface area contributed by atoms with E-state index in [4.69, 9.17) is 4.42 Å². The third-order valence-electron chi connectivity index (χ3n) is 4.45. The fourth-order valence-electron chi connectivity index (χ4n) is 2.97. The van der Waals surface area contributed by atoms with Gasteiger partial charge in [-0.15, -0.1) is 0 Å². The minimum atomic E-state index is -0.311. The van der Waals surface area contributed by atoms with E-state index in [1.54, 1.807) is 35.3 Å². The second-order valence-corrected chi connectivity index (χ2v) is 7.59. The van der Waals surface area contributed by atoms with Gasteiger partial charge in [0.2, 0.25) is 5.91 Å². The van der Waals surface area contributed by atoms with Gasteiger partial charge < -0.3 is 9.73 Å². The van der Waals surface area contributed by atoms with E-state index in [1.807, 2.05) is 24.3 Å². The number of halogens is 2. The number of carbonyl (C=O) groups excluding carboxylic acids is 1. The molecule has 2 aromatic carbocycles. The van der Waals surface area contributed by atoms with Crippen molar-refractivity contribution in [3.8, 4) is 11.3 Å². The number of hydrogen-bond donors (Lipinski definition) is 1. The van der Waals surface area contributed by atoms with Crippen LogP contribution < -0.4 is 5.32 Å².